The van der Waals surface area contributed by atoms with E-state index in [1.165, 1.54) is 24.1 Å². The van der Waals surface area contributed by atoms with Gasteiger partial charge in [0.1, 0.15) is 0 Å². The van der Waals surface area contributed by atoms with Crippen LogP contribution < -0.4 is 4.90 Å². The summed E-state index contributed by atoms with van der Waals surface area (Å²) >= 11 is 6.18. The van der Waals surface area contributed by atoms with Gasteiger partial charge in [0.05, 0.1) is 35.2 Å². The Bertz CT molecular complexity index is 1330. The molecule has 3 aromatic carbocycles. The molecule has 1 aliphatic heterocycles. The molecule has 4 aliphatic rings. The fourth-order valence-electron chi connectivity index (χ4n) is 6.32. The second-order valence-electron chi connectivity index (χ2n) is 9.03. The summed E-state index contributed by atoms with van der Waals surface area (Å²) in [7, 11) is 1.26. The van der Waals surface area contributed by atoms with Crippen molar-refractivity contribution in [3.8, 4) is 0 Å². The summed E-state index contributed by atoms with van der Waals surface area (Å²) in [4.78, 5) is 41.3. The SMILES string of the molecule is COC(=O)c1cc(N2C(=O)C3C4c5ccccc5C(C)(c5ccccc54)C3C2=O)ccc1Cl. The molecule has 1 fully saturated rings. The molecule has 2 amide bonds. The number of halogens is 1. The maximum atomic E-state index is 14.0. The maximum Gasteiger partial charge on any atom is 0.339 e. The van der Waals surface area contributed by atoms with Crippen LogP contribution in [0.2, 0.25) is 5.02 Å². The number of rotatable bonds is 2. The van der Waals surface area contributed by atoms with Crippen LogP contribution in [-0.4, -0.2) is 24.9 Å². The van der Waals surface area contributed by atoms with E-state index in [2.05, 4.69) is 31.2 Å². The van der Waals surface area contributed by atoms with Crippen LogP contribution in [0.4, 0.5) is 5.69 Å². The van der Waals surface area contributed by atoms with Gasteiger partial charge in [0.25, 0.3) is 0 Å². The van der Waals surface area contributed by atoms with Gasteiger partial charge in [0, 0.05) is 11.3 Å². The van der Waals surface area contributed by atoms with Gasteiger partial charge in [0.2, 0.25) is 11.8 Å². The lowest BCUT2D eigenvalue weighted by molar-refractivity contribution is -0.123. The second kappa shape index (κ2) is 6.78. The summed E-state index contributed by atoms with van der Waals surface area (Å²) in [5, 5.41) is 0.203. The second-order valence-corrected chi connectivity index (χ2v) is 9.43. The number of carbonyl (C=O) groups is 3. The molecule has 0 aromatic heterocycles. The third kappa shape index (κ3) is 2.40. The molecule has 2 bridgehead atoms. The van der Waals surface area contributed by atoms with E-state index in [-0.39, 0.29) is 28.3 Å². The van der Waals surface area contributed by atoms with Crippen molar-refractivity contribution >= 4 is 35.1 Å². The molecule has 0 spiro atoms. The van der Waals surface area contributed by atoms with E-state index < -0.39 is 23.2 Å². The molecular formula is C27H20ClNO4. The number of anilines is 1. The Labute approximate surface area is 195 Å². The number of ether oxygens (including phenoxy) is 1. The van der Waals surface area contributed by atoms with E-state index in [0.717, 1.165) is 22.3 Å². The van der Waals surface area contributed by atoms with E-state index in [1.807, 2.05) is 24.3 Å². The van der Waals surface area contributed by atoms with Gasteiger partial charge in [-0.2, -0.15) is 0 Å². The molecule has 164 valence electrons. The molecule has 3 aliphatic carbocycles. The van der Waals surface area contributed by atoms with E-state index in [1.54, 1.807) is 6.07 Å². The number of amides is 2. The number of methoxy groups -OCH3 is 1. The molecule has 2 unspecified atom stereocenters. The van der Waals surface area contributed by atoms with Crippen molar-refractivity contribution in [3.05, 3.63) is 99.6 Å². The summed E-state index contributed by atoms with van der Waals surface area (Å²) in [6.07, 6.45) is 0. The fraction of sp³-hybridized carbons (Fsp3) is 0.222. The van der Waals surface area contributed by atoms with Crippen LogP contribution in [0.1, 0.15) is 45.5 Å². The first-order valence-electron chi connectivity index (χ1n) is 10.8. The van der Waals surface area contributed by atoms with Gasteiger partial charge < -0.3 is 4.74 Å². The molecule has 1 heterocycles. The van der Waals surface area contributed by atoms with Crippen LogP contribution >= 0.6 is 11.6 Å². The number of carbonyl (C=O) groups excluding carboxylic acids is 3. The van der Waals surface area contributed by atoms with E-state index >= 15 is 0 Å². The number of hydrogen-bond acceptors (Lipinski definition) is 4. The van der Waals surface area contributed by atoms with Gasteiger partial charge >= 0.3 is 5.97 Å². The first kappa shape index (κ1) is 20.2. The topological polar surface area (TPSA) is 63.7 Å². The highest BCUT2D eigenvalue weighted by molar-refractivity contribution is 6.34. The standard InChI is InChI=1S/C27H20ClNO4/c1-27-18-9-5-3-7-15(18)21(16-8-4-6-10-19(16)27)22-23(27)25(31)29(24(22)30)14-11-12-20(28)17(13-14)26(32)33-2/h3-13,21-23H,1-2H3. The number of benzene rings is 3. The monoisotopic (exact) mass is 457 g/mol. The third-order valence-electron chi connectivity index (χ3n) is 7.66. The lowest BCUT2D eigenvalue weighted by Crippen LogP contribution is -2.51. The molecule has 7 rings (SSSR count). The van der Waals surface area contributed by atoms with Gasteiger partial charge in [-0.15, -0.1) is 0 Å². The number of esters is 1. The normalized spacial score (nSPS) is 26.6. The molecule has 0 N–H and O–H groups in total. The number of imide groups is 1. The summed E-state index contributed by atoms with van der Waals surface area (Å²) in [5.41, 5.74) is 4.23. The predicted octanol–water partition coefficient (Wildman–Crippen LogP) is 4.70. The number of nitrogens with zero attached hydrogens (tertiary/aromatic N) is 1. The van der Waals surface area contributed by atoms with Crippen molar-refractivity contribution in [2.45, 2.75) is 18.3 Å². The molecule has 1 saturated heterocycles. The van der Waals surface area contributed by atoms with Gasteiger partial charge in [-0.05, 0) is 40.5 Å². The van der Waals surface area contributed by atoms with Crippen LogP contribution in [0.5, 0.6) is 0 Å². The highest BCUT2D eigenvalue weighted by Crippen LogP contribution is 2.64. The lowest BCUT2D eigenvalue weighted by atomic mass is 9.48. The minimum atomic E-state index is -0.633. The van der Waals surface area contributed by atoms with Crippen LogP contribution in [0.15, 0.2) is 66.7 Å². The Morgan fingerprint density at radius 2 is 1.55 bits per heavy atom. The van der Waals surface area contributed by atoms with Crippen molar-refractivity contribution in [1.82, 2.24) is 0 Å². The largest absolute Gasteiger partial charge is 0.465 e. The van der Waals surface area contributed by atoms with Crippen LogP contribution in [0.3, 0.4) is 0 Å². The zero-order chi connectivity index (χ0) is 23.1. The van der Waals surface area contributed by atoms with Crippen LogP contribution in [0, 0.1) is 11.8 Å². The van der Waals surface area contributed by atoms with Crippen molar-refractivity contribution in [3.63, 3.8) is 0 Å². The average Bonchev–Trinajstić information content (AvgIpc) is 3.11. The molecule has 5 nitrogen and oxygen atoms in total. The minimum absolute atomic E-state index is 0.118. The number of hydrogen-bond donors (Lipinski definition) is 0. The van der Waals surface area contributed by atoms with E-state index in [4.69, 9.17) is 16.3 Å². The van der Waals surface area contributed by atoms with Gasteiger partial charge in [-0.1, -0.05) is 67.1 Å². The van der Waals surface area contributed by atoms with Crippen LogP contribution in [0.25, 0.3) is 0 Å². The Morgan fingerprint density at radius 3 is 2.15 bits per heavy atom. The maximum absolute atomic E-state index is 14.0. The summed E-state index contributed by atoms with van der Waals surface area (Å²) < 4.78 is 4.82. The predicted molar refractivity (Wildman–Crippen MR) is 123 cm³/mol. The van der Waals surface area contributed by atoms with Gasteiger partial charge in [-0.3, -0.25) is 9.59 Å². The highest BCUT2D eigenvalue weighted by atomic mass is 35.5. The van der Waals surface area contributed by atoms with E-state index in [9.17, 15) is 14.4 Å². The zero-order valence-electron chi connectivity index (χ0n) is 18.0. The highest BCUT2D eigenvalue weighted by Gasteiger charge is 2.66. The molecular weight excluding hydrogens is 438 g/mol. The lowest BCUT2D eigenvalue weighted by Gasteiger charge is -2.52. The van der Waals surface area contributed by atoms with Crippen molar-refractivity contribution < 1.29 is 19.1 Å². The average molecular weight is 458 g/mol. The minimum Gasteiger partial charge on any atom is -0.465 e. The first-order chi connectivity index (χ1) is 15.9. The Balaban J connectivity index is 1.55. The summed E-state index contributed by atoms with van der Waals surface area (Å²) in [6, 6.07) is 20.8. The van der Waals surface area contributed by atoms with Gasteiger partial charge in [0.15, 0.2) is 0 Å². The Hall–Kier alpha value is -3.44. The quantitative estimate of drug-likeness (QED) is 0.413. The molecule has 33 heavy (non-hydrogen) atoms. The molecule has 0 saturated carbocycles. The van der Waals surface area contributed by atoms with Crippen LogP contribution in [-0.2, 0) is 19.7 Å². The zero-order valence-corrected chi connectivity index (χ0v) is 18.8. The van der Waals surface area contributed by atoms with E-state index in [0.29, 0.717) is 5.69 Å². The summed E-state index contributed by atoms with van der Waals surface area (Å²) in [6.45, 7) is 2.08. The summed E-state index contributed by atoms with van der Waals surface area (Å²) in [5.74, 6) is -2.35. The Morgan fingerprint density at radius 1 is 0.939 bits per heavy atom. The van der Waals surface area contributed by atoms with Gasteiger partial charge in [-0.25, -0.2) is 9.69 Å². The van der Waals surface area contributed by atoms with Crippen molar-refractivity contribution in [1.29, 1.82) is 0 Å². The third-order valence-corrected chi connectivity index (χ3v) is 7.99. The Kier molecular flexibility index (Phi) is 4.15. The molecule has 0 radical (unpaired) electrons. The smallest absolute Gasteiger partial charge is 0.339 e. The first-order valence-corrected chi connectivity index (χ1v) is 11.2. The molecule has 2 atom stereocenters. The van der Waals surface area contributed by atoms with Crippen molar-refractivity contribution in [2.75, 3.05) is 12.0 Å². The molecule has 3 aromatic rings. The fourth-order valence-corrected chi connectivity index (χ4v) is 6.52. The molecule has 6 heteroatoms. The van der Waals surface area contributed by atoms with Crippen molar-refractivity contribution in [2.24, 2.45) is 11.8 Å².